The van der Waals surface area contributed by atoms with Crippen molar-refractivity contribution in [1.29, 1.82) is 0 Å². The van der Waals surface area contributed by atoms with Gasteiger partial charge in [0.1, 0.15) is 11.3 Å². The number of halogens is 1. The fourth-order valence-corrected chi connectivity index (χ4v) is 2.51. The minimum Gasteiger partial charge on any atom is -0.457 e. The van der Waals surface area contributed by atoms with Crippen LogP contribution in [-0.2, 0) is 11.3 Å². The van der Waals surface area contributed by atoms with E-state index in [-0.39, 0.29) is 5.91 Å². The molecule has 0 aliphatic carbocycles. The summed E-state index contributed by atoms with van der Waals surface area (Å²) in [7, 11) is 0. The second kappa shape index (κ2) is 6.71. The Bertz CT molecular complexity index is 880. The lowest BCUT2D eigenvalue weighted by Gasteiger charge is -2.04. The van der Waals surface area contributed by atoms with Crippen LogP contribution >= 0.6 is 11.6 Å². The van der Waals surface area contributed by atoms with Crippen molar-refractivity contribution < 1.29 is 9.21 Å². The third-order valence-electron chi connectivity index (χ3n) is 3.50. The molecule has 0 saturated carbocycles. The van der Waals surface area contributed by atoms with Gasteiger partial charge in [0.05, 0.1) is 0 Å². The van der Waals surface area contributed by atoms with Gasteiger partial charge in [0, 0.05) is 23.0 Å². The van der Waals surface area contributed by atoms with Crippen LogP contribution in [0.2, 0.25) is 5.02 Å². The van der Waals surface area contributed by atoms with Crippen molar-refractivity contribution in [1.82, 2.24) is 5.32 Å². The van der Waals surface area contributed by atoms with Crippen molar-refractivity contribution >= 4 is 34.6 Å². The highest BCUT2D eigenvalue weighted by molar-refractivity contribution is 6.31. The highest BCUT2D eigenvalue weighted by Gasteiger charge is 2.03. The van der Waals surface area contributed by atoms with E-state index in [0.29, 0.717) is 17.3 Å². The molecule has 0 aliphatic rings. The number of hydrogen-bond donors (Lipinski definition) is 1. The first-order valence-corrected chi connectivity index (χ1v) is 7.69. The standard InChI is InChI=1S/C19H16ClNO2/c1-13-6-8-18-15(10-13)11-16(23-18)7-9-19(22)21-12-14-4-2-3-5-17(14)20/h2-11H,12H2,1H3,(H,21,22)/b9-7+. The summed E-state index contributed by atoms with van der Waals surface area (Å²) >= 11 is 6.05. The van der Waals surface area contributed by atoms with E-state index in [1.165, 1.54) is 11.6 Å². The molecule has 0 spiro atoms. The van der Waals surface area contributed by atoms with E-state index in [1.54, 1.807) is 12.1 Å². The molecular weight excluding hydrogens is 310 g/mol. The van der Waals surface area contributed by atoms with Crippen molar-refractivity contribution in [2.45, 2.75) is 13.5 Å². The Morgan fingerprint density at radius 1 is 1.22 bits per heavy atom. The number of amides is 1. The Hall–Kier alpha value is -2.52. The highest BCUT2D eigenvalue weighted by Crippen LogP contribution is 2.21. The van der Waals surface area contributed by atoms with E-state index in [1.807, 2.05) is 49.4 Å². The number of hydrogen-bond acceptors (Lipinski definition) is 2. The second-order valence-corrected chi connectivity index (χ2v) is 5.74. The van der Waals surface area contributed by atoms with Crippen LogP contribution < -0.4 is 5.32 Å². The summed E-state index contributed by atoms with van der Waals surface area (Å²) in [6, 6.07) is 15.3. The fraction of sp³-hybridized carbons (Fsp3) is 0.105. The summed E-state index contributed by atoms with van der Waals surface area (Å²) in [5.41, 5.74) is 2.87. The van der Waals surface area contributed by atoms with Gasteiger partial charge in [-0.3, -0.25) is 4.79 Å². The monoisotopic (exact) mass is 325 g/mol. The average Bonchev–Trinajstić information content (AvgIpc) is 2.94. The SMILES string of the molecule is Cc1ccc2oc(/C=C/C(=O)NCc3ccccc3Cl)cc2c1. The zero-order chi connectivity index (χ0) is 16.2. The van der Waals surface area contributed by atoms with Crippen LogP contribution in [0.15, 0.2) is 59.0 Å². The van der Waals surface area contributed by atoms with Gasteiger partial charge in [-0.1, -0.05) is 41.4 Å². The van der Waals surface area contributed by atoms with Crippen LogP contribution in [0.25, 0.3) is 17.0 Å². The van der Waals surface area contributed by atoms with Gasteiger partial charge >= 0.3 is 0 Å². The first-order chi connectivity index (χ1) is 11.1. The summed E-state index contributed by atoms with van der Waals surface area (Å²) < 4.78 is 5.67. The first kappa shape index (κ1) is 15.4. The minimum atomic E-state index is -0.193. The molecule has 1 amide bonds. The molecule has 0 atom stereocenters. The van der Waals surface area contributed by atoms with Gasteiger partial charge in [-0.15, -0.1) is 0 Å². The Kier molecular flexibility index (Phi) is 4.49. The van der Waals surface area contributed by atoms with Crippen LogP contribution in [0.5, 0.6) is 0 Å². The van der Waals surface area contributed by atoms with Crippen molar-refractivity contribution in [3.05, 3.63) is 76.5 Å². The van der Waals surface area contributed by atoms with Gasteiger partial charge in [0.25, 0.3) is 0 Å². The third kappa shape index (κ3) is 3.82. The zero-order valence-electron chi connectivity index (χ0n) is 12.7. The topological polar surface area (TPSA) is 42.2 Å². The van der Waals surface area contributed by atoms with E-state index in [9.17, 15) is 4.79 Å². The molecule has 0 fully saturated rings. The number of carbonyl (C=O) groups excluding carboxylic acids is 1. The summed E-state index contributed by atoms with van der Waals surface area (Å²) in [6.07, 6.45) is 3.12. The van der Waals surface area contributed by atoms with E-state index in [4.69, 9.17) is 16.0 Å². The molecule has 0 bridgehead atoms. The molecule has 3 nitrogen and oxygen atoms in total. The molecule has 0 radical (unpaired) electrons. The molecule has 0 aliphatic heterocycles. The number of benzene rings is 2. The third-order valence-corrected chi connectivity index (χ3v) is 3.87. The van der Waals surface area contributed by atoms with Crippen LogP contribution in [0.1, 0.15) is 16.9 Å². The van der Waals surface area contributed by atoms with Gasteiger partial charge in [-0.05, 0) is 42.8 Å². The Morgan fingerprint density at radius 3 is 2.87 bits per heavy atom. The second-order valence-electron chi connectivity index (χ2n) is 5.33. The number of carbonyl (C=O) groups is 1. The van der Waals surface area contributed by atoms with E-state index >= 15 is 0 Å². The van der Waals surface area contributed by atoms with Gasteiger partial charge < -0.3 is 9.73 Å². The average molecular weight is 326 g/mol. The molecule has 1 heterocycles. The van der Waals surface area contributed by atoms with E-state index in [2.05, 4.69) is 5.32 Å². The van der Waals surface area contributed by atoms with Gasteiger partial charge in [0.15, 0.2) is 0 Å². The molecule has 0 saturated heterocycles. The lowest BCUT2D eigenvalue weighted by molar-refractivity contribution is -0.116. The van der Waals surface area contributed by atoms with Crippen LogP contribution in [-0.4, -0.2) is 5.91 Å². The molecule has 0 unspecified atom stereocenters. The predicted octanol–water partition coefficient (Wildman–Crippen LogP) is 4.72. The largest absolute Gasteiger partial charge is 0.457 e. The molecule has 23 heavy (non-hydrogen) atoms. The number of furan rings is 1. The first-order valence-electron chi connectivity index (χ1n) is 7.31. The molecule has 2 aromatic carbocycles. The fourth-order valence-electron chi connectivity index (χ4n) is 2.31. The quantitative estimate of drug-likeness (QED) is 0.705. The summed E-state index contributed by atoms with van der Waals surface area (Å²) in [5, 5.41) is 4.47. The van der Waals surface area contributed by atoms with Crippen LogP contribution in [0.4, 0.5) is 0 Å². The van der Waals surface area contributed by atoms with E-state index in [0.717, 1.165) is 16.5 Å². The number of rotatable bonds is 4. The molecule has 1 aromatic heterocycles. The number of nitrogens with one attached hydrogen (secondary N) is 1. The minimum absolute atomic E-state index is 0.193. The smallest absolute Gasteiger partial charge is 0.244 e. The summed E-state index contributed by atoms with van der Waals surface area (Å²) in [4.78, 5) is 11.9. The Labute approximate surface area is 139 Å². The number of aryl methyl sites for hydroxylation is 1. The van der Waals surface area contributed by atoms with Gasteiger partial charge in [-0.2, -0.15) is 0 Å². The number of fused-ring (bicyclic) bond motifs is 1. The van der Waals surface area contributed by atoms with Crippen molar-refractivity contribution in [2.75, 3.05) is 0 Å². The zero-order valence-corrected chi connectivity index (χ0v) is 13.4. The van der Waals surface area contributed by atoms with Crippen LogP contribution in [0, 0.1) is 6.92 Å². The normalized spacial score (nSPS) is 11.2. The maximum atomic E-state index is 11.9. The molecule has 3 aromatic rings. The maximum Gasteiger partial charge on any atom is 0.244 e. The molecule has 1 N–H and O–H groups in total. The maximum absolute atomic E-state index is 11.9. The molecule has 3 rings (SSSR count). The van der Waals surface area contributed by atoms with Crippen LogP contribution in [0.3, 0.4) is 0 Å². The summed E-state index contributed by atoms with van der Waals surface area (Å²) in [6.45, 7) is 2.42. The van der Waals surface area contributed by atoms with Crippen molar-refractivity contribution in [2.24, 2.45) is 0 Å². The van der Waals surface area contributed by atoms with Crippen molar-refractivity contribution in [3.8, 4) is 0 Å². The van der Waals surface area contributed by atoms with Crippen molar-refractivity contribution in [3.63, 3.8) is 0 Å². The van der Waals surface area contributed by atoms with Gasteiger partial charge in [-0.25, -0.2) is 0 Å². The molecular formula is C19H16ClNO2. The predicted molar refractivity (Wildman–Crippen MR) is 93.3 cm³/mol. The van der Waals surface area contributed by atoms with E-state index < -0.39 is 0 Å². The van der Waals surface area contributed by atoms with Gasteiger partial charge in [0.2, 0.25) is 5.91 Å². The lowest BCUT2D eigenvalue weighted by Crippen LogP contribution is -2.20. The molecule has 116 valence electrons. The molecule has 4 heteroatoms. The highest BCUT2D eigenvalue weighted by atomic mass is 35.5. The lowest BCUT2D eigenvalue weighted by atomic mass is 10.2. The Balaban J connectivity index is 1.64. The summed E-state index contributed by atoms with van der Waals surface area (Å²) in [5.74, 6) is 0.458. The Morgan fingerprint density at radius 2 is 2.04 bits per heavy atom.